The van der Waals surface area contributed by atoms with Crippen molar-refractivity contribution in [3.63, 3.8) is 0 Å². The van der Waals surface area contributed by atoms with E-state index in [-0.39, 0.29) is 18.0 Å². The number of nitrogens with zero attached hydrogens (tertiary/aromatic N) is 2. The summed E-state index contributed by atoms with van der Waals surface area (Å²) in [4.78, 5) is 19.1. The molecule has 3 aromatic rings. The molecule has 2 unspecified atom stereocenters. The van der Waals surface area contributed by atoms with Gasteiger partial charge in [-0.05, 0) is 49.7 Å². The average molecular weight is 530 g/mol. The molecule has 2 heterocycles. The first-order valence-electron chi connectivity index (χ1n) is 10.8. The lowest BCUT2D eigenvalue weighted by molar-refractivity contribution is 0.0674. The fraction of sp³-hybridized carbons (Fsp3) is 0.280. The van der Waals surface area contributed by atoms with Gasteiger partial charge in [-0.2, -0.15) is 0 Å². The fourth-order valence-corrected chi connectivity index (χ4v) is 4.80. The van der Waals surface area contributed by atoms with Gasteiger partial charge in [-0.1, -0.05) is 45.7 Å². The second kappa shape index (κ2) is 10.1. The Hall–Kier alpha value is -2.61. The summed E-state index contributed by atoms with van der Waals surface area (Å²) in [7, 11) is 0. The molecule has 3 N–H and O–H groups in total. The van der Waals surface area contributed by atoms with E-state index >= 15 is 0 Å². The van der Waals surface area contributed by atoms with E-state index in [1.165, 1.54) is 0 Å². The number of aromatic nitrogens is 1. The van der Waals surface area contributed by atoms with Crippen LogP contribution in [0.25, 0.3) is 11.1 Å². The zero-order chi connectivity index (χ0) is 23.5. The van der Waals surface area contributed by atoms with Crippen molar-refractivity contribution in [3.8, 4) is 16.9 Å². The van der Waals surface area contributed by atoms with Crippen LogP contribution >= 0.6 is 27.5 Å². The number of carbonyl (C=O) groups is 1. The zero-order valence-electron chi connectivity index (χ0n) is 18.5. The Morgan fingerprint density at radius 1 is 1.15 bits per heavy atom. The summed E-state index contributed by atoms with van der Waals surface area (Å²) < 4.78 is 6.81. The number of carbonyl (C=O) groups excluding carboxylic acids is 1. The number of benzene rings is 2. The molecule has 0 aliphatic carbocycles. The van der Waals surface area contributed by atoms with Crippen molar-refractivity contribution in [1.29, 1.82) is 0 Å². The number of anilines is 1. The van der Waals surface area contributed by atoms with Crippen LogP contribution in [-0.4, -0.2) is 41.0 Å². The number of rotatable bonds is 5. The lowest BCUT2D eigenvalue weighted by Crippen LogP contribution is -2.55. The number of ether oxygens (including phenoxy) is 1. The standard InChI is InChI=1S/C25H26BrClN4O2/c1-15-12-31(13-16(2)30-15)25(32)18-5-3-17(4-6-18)20-9-23(24(28)29-11-20)33-14-19-7-8-21(27)10-22(19)26/h3-11,15-16,30H,12-14H2,1-2H3,(H2,28,29). The minimum atomic E-state index is 0.0507. The van der Waals surface area contributed by atoms with Crippen molar-refractivity contribution in [2.45, 2.75) is 32.5 Å². The summed E-state index contributed by atoms with van der Waals surface area (Å²) in [5.74, 6) is 0.866. The number of hydrogen-bond donors (Lipinski definition) is 2. The van der Waals surface area contributed by atoms with Crippen LogP contribution in [0.15, 0.2) is 59.2 Å². The molecule has 6 nitrogen and oxygen atoms in total. The van der Waals surface area contributed by atoms with E-state index in [1.54, 1.807) is 6.20 Å². The molecule has 172 valence electrons. The van der Waals surface area contributed by atoms with Gasteiger partial charge in [0, 0.05) is 57.6 Å². The Balaban J connectivity index is 1.48. The third kappa shape index (κ3) is 5.66. The first-order valence-corrected chi connectivity index (χ1v) is 11.9. The Bertz CT molecular complexity index is 1150. The lowest BCUT2D eigenvalue weighted by atomic mass is 10.0. The van der Waals surface area contributed by atoms with Crippen molar-refractivity contribution in [2.24, 2.45) is 0 Å². The minimum Gasteiger partial charge on any atom is -0.485 e. The zero-order valence-corrected chi connectivity index (χ0v) is 20.9. The van der Waals surface area contributed by atoms with Gasteiger partial charge in [0.1, 0.15) is 6.61 Å². The normalized spacial score (nSPS) is 18.2. The lowest BCUT2D eigenvalue weighted by Gasteiger charge is -2.36. The largest absolute Gasteiger partial charge is 0.485 e. The minimum absolute atomic E-state index is 0.0507. The molecule has 1 saturated heterocycles. The molecule has 2 atom stereocenters. The molecule has 0 radical (unpaired) electrons. The first-order chi connectivity index (χ1) is 15.8. The number of pyridine rings is 1. The number of hydrogen-bond acceptors (Lipinski definition) is 5. The van der Waals surface area contributed by atoms with E-state index in [4.69, 9.17) is 22.1 Å². The molecule has 0 bridgehead atoms. The molecule has 8 heteroatoms. The molecule has 0 spiro atoms. The van der Waals surface area contributed by atoms with Crippen LogP contribution in [0.5, 0.6) is 5.75 Å². The monoisotopic (exact) mass is 528 g/mol. The predicted molar refractivity (Wildman–Crippen MR) is 136 cm³/mol. The van der Waals surface area contributed by atoms with E-state index < -0.39 is 0 Å². The number of nitrogens with one attached hydrogen (secondary N) is 1. The van der Waals surface area contributed by atoms with E-state index in [0.29, 0.717) is 41.8 Å². The van der Waals surface area contributed by atoms with E-state index in [9.17, 15) is 4.79 Å². The van der Waals surface area contributed by atoms with Crippen LogP contribution in [0.3, 0.4) is 0 Å². The summed E-state index contributed by atoms with van der Waals surface area (Å²) >= 11 is 9.51. The Morgan fingerprint density at radius 3 is 2.52 bits per heavy atom. The van der Waals surface area contributed by atoms with E-state index in [2.05, 4.69) is 40.1 Å². The average Bonchev–Trinajstić information content (AvgIpc) is 2.78. The molecular formula is C25H26BrClN4O2. The molecule has 33 heavy (non-hydrogen) atoms. The second-order valence-corrected chi connectivity index (χ2v) is 9.68. The summed E-state index contributed by atoms with van der Waals surface area (Å²) in [5.41, 5.74) is 9.45. The maximum atomic E-state index is 12.9. The third-order valence-electron chi connectivity index (χ3n) is 5.59. The van der Waals surface area contributed by atoms with Gasteiger partial charge in [-0.25, -0.2) is 4.98 Å². The molecule has 1 fully saturated rings. The maximum absolute atomic E-state index is 12.9. The third-order valence-corrected chi connectivity index (χ3v) is 6.56. The SMILES string of the molecule is CC1CN(C(=O)c2ccc(-c3cnc(N)c(OCc4ccc(Cl)cc4Br)c3)cc2)CC(C)N1. The topological polar surface area (TPSA) is 80.5 Å². The second-order valence-electron chi connectivity index (χ2n) is 8.39. The highest BCUT2D eigenvalue weighted by Gasteiger charge is 2.25. The molecule has 4 rings (SSSR count). The fourth-order valence-electron chi connectivity index (χ4n) is 4.00. The van der Waals surface area contributed by atoms with Gasteiger partial charge in [0.25, 0.3) is 5.91 Å². The molecule has 1 aromatic heterocycles. The smallest absolute Gasteiger partial charge is 0.253 e. The first kappa shape index (κ1) is 23.5. The number of piperazine rings is 1. The van der Waals surface area contributed by atoms with Crippen LogP contribution in [0.2, 0.25) is 5.02 Å². The van der Waals surface area contributed by atoms with Crippen LogP contribution in [-0.2, 0) is 6.61 Å². The molecule has 1 aliphatic heterocycles. The van der Waals surface area contributed by atoms with E-state index in [0.717, 1.165) is 21.2 Å². The van der Waals surface area contributed by atoms with Gasteiger partial charge in [-0.15, -0.1) is 0 Å². The highest BCUT2D eigenvalue weighted by atomic mass is 79.9. The van der Waals surface area contributed by atoms with Gasteiger partial charge in [0.05, 0.1) is 0 Å². The van der Waals surface area contributed by atoms with Crippen LogP contribution in [0.1, 0.15) is 29.8 Å². The summed E-state index contributed by atoms with van der Waals surface area (Å²) in [5, 5.41) is 4.10. The highest BCUT2D eigenvalue weighted by Crippen LogP contribution is 2.29. The van der Waals surface area contributed by atoms with Crippen molar-refractivity contribution >= 4 is 39.3 Å². The van der Waals surface area contributed by atoms with E-state index in [1.807, 2.05) is 53.4 Å². The molecule has 1 amide bonds. The molecular weight excluding hydrogens is 504 g/mol. The Kier molecular flexibility index (Phi) is 7.22. The van der Waals surface area contributed by atoms with Crippen LogP contribution in [0, 0.1) is 0 Å². The van der Waals surface area contributed by atoms with Gasteiger partial charge in [0.2, 0.25) is 0 Å². The van der Waals surface area contributed by atoms with Crippen molar-refractivity contribution in [3.05, 3.63) is 75.4 Å². The number of amides is 1. The Labute approximate surface area is 207 Å². The highest BCUT2D eigenvalue weighted by molar-refractivity contribution is 9.10. The van der Waals surface area contributed by atoms with Gasteiger partial charge in [0.15, 0.2) is 11.6 Å². The molecule has 0 saturated carbocycles. The summed E-state index contributed by atoms with van der Waals surface area (Å²) in [6.07, 6.45) is 1.71. The van der Waals surface area contributed by atoms with Crippen LogP contribution < -0.4 is 15.8 Å². The number of nitrogen functional groups attached to an aromatic ring is 1. The summed E-state index contributed by atoms with van der Waals surface area (Å²) in [6, 6.07) is 15.5. The predicted octanol–water partition coefficient (Wildman–Crippen LogP) is 5.15. The van der Waals surface area contributed by atoms with Crippen molar-refractivity contribution < 1.29 is 9.53 Å². The quantitative estimate of drug-likeness (QED) is 0.478. The van der Waals surface area contributed by atoms with Crippen molar-refractivity contribution in [1.82, 2.24) is 15.2 Å². The summed E-state index contributed by atoms with van der Waals surface area (Å²) in [6.45, 7) is 5.92. The van der Waals surface area contributed by atoms with Gasteiger partial charge < -0.3 is 20.7 Å². The van der Waals surface area contributed by atoms with Gasteiger partial charge >= 0.3 is 0 Å². The van der Waals surface area contributed by atoms with Crippen molar-refractivity contribution in [2.75, 3.05) is 18.8 Å². The van der Waals surface area contributed by atoms with Gasteiger partial charge in [-0.3, -0.25) is 4.79 Å². The number of halogens is 2. The Morgan fingerprint density at radius 2 is 1.85 bits per heavy atom. The molecule has 1 aliphatic rings. The van der Waals surface area contributed by atoms with Crippen LogP contribution in [0.4, 0.5) is 5.82 Å². The maximum Gasteiger partial charge on any atom is 0.253 e. The molecule has 2 aromatic carbocycles. The number of nitrogens with two attached hydrogens (primary N) is 1.